The molecule has 2 aromatic heterocycles. The molecular weight excluding hydrogens is 300 g/mol. The lowest BCUT2D eigenvalue weighted by atomic mass is 10.1. The van der Waals surface area contributed by atoms with Crippen molar-refractivity contribution in [2.45, 2.75) is 39.3 Å². The van der Waals surface area contributed by atoms with Crippen LogP contribution in [0.15, 0.2) is 16.8 Å². The molecule has 0 radical (unpaired) electrons. The Kier molecular flexibility index (Phi) is 3.91. The van der Waals surface area contributed by atoms with E-state index in [9.17, 15) is 0 Å². The van der Waals surface area contributed by atoms with E-state index in [1.807, 2.05) is 13.8 Å². The van der Waals surface area contributed by atoms with Crippen LogP contribution >= 0.6 is 23.6 Å². The van der Waals surface area contributed by atoms with Crippen LogP contribution in [0.1, 0.15) is 35.2 Å². The highest BCUT2D eigenvalue weighted by Gasteiger charge is 2.32. The number of hydrogen-bond donors (Lipinski definition) is 1. The van der Waals surface area contributed by atoms with Crippen molar-refractivity contribution in [3.63, 3.8) is 0 Å². The first kappa shape index (κ1) is 14.4. The van der Waals surface area contributed by atoms with Crippen LogP contribution in [0.25, 0.3) is 0 Å². The second-order valence-electron chi connectivity index (χ2n) is 5.46. The van der Waals surface area contributed by atoms with E-state index in [0.717, 1.165) is 29.2 Å². The molecule has 0 aromatic carbocycles. The zero-order valence-corrected chi connectivity index (χ0v) is 13.8. The number of anilines is 1. The van der Waals surface area contributed by atoms with Crippen LogP contribution in [-0.4, -0.2) is 21.2 Å². The summed E-state index contributed by atoms with van der Waals surface area (Å²) in [6, 6.07) is 2.67. The van der Waals surface area contributed by atoms with Crippen molar-refractivity contribution in [1.82, 2.24) is 10.2 Å². The van der Waals surface area contributed by atoms with Gasteiger partial charge in [-0.15, -0.1) is 5.10 Å². The summed E-state index contributed by atoms with van der Waals surface area (Å²) in [7, 11) is 0. The van der Waals surface area contributed by atoms with Gasteiger partial charge < -0.3 is 10.6 Å². The van der Waals surface area contributed by atoms with Gasteiger partial charge >= 0.3 is 0 Å². The fourth-order valence-electron chi connectivity index (χ4n) is 2.43. The highest BCUT2D eigenvalue weighted by molar-refractivity contribution is 7.80. The van der Waals surface area contributed by atoms with Crippen LogP contribution in [0, 0.1) is 13.8 Å². The van der Waals surface area contributed by atoms with E-state index >= 15 is 0 Å². The molecule has 2 N–H and O–H groups in total. The van der Waals surface area contributed by atoms with Crippen LogP contribution in [-0.2, 0) is 6.54 Å². The van der Waals surface area contributed by atoms with Crippen LogP contribution in [0.5, 0.6) is 0 Å². The topological polar surface area (TPSA) is 55.0 Å². The van der Waals surface area contributed by atoms with Crippen LogP contribution in [0.4, 0.5) is 5.82 Å². The van der Waals surface area contributed by atoms with Gasteiger partial charge in [-0.2, -0.15) is 16.4 Å². The Labute approximate surface area is 134 Å². The number of aryl methyl sites for hydroxylation is 1. The normalized spacial score (nSPS) is 14.2. The SMILES string of the molecule is Cc1nnc(N(Cc2ccsc2)C2CC2)c(C(N)=S)c1C. The molecule has 1 aliphatic carbocycles. The molecule has 0 amide bonds. The van der Waals surface area contributed by atoms with Crippen LogP contribution in [0.2, 0.25) is 0 Å². The Morgan fingerprint density at radius 1 is 1.43 bits per heavy atom. The first-order valence-corrected chi connectivity index (χ1v) is 8.34. The Morgan fingerprint density at radius 3 is 2.76 bits per heavy atom. The fourth-order valence-corrected chi connectivity index (χ4v) is 3.34. The summed E-state index contributed by atoms with van der Waals surface area (Å²) >= 11 is 6.97. The first-order chi connectivity index (χ1) is 10.1. The molecular formula is C15H18N4S2. The van der Waals surface area contributed by atoms with E-state index in [2.05, 4.69) is 31.9 Å². The predicted molar refractivity (Wildman–Crippen MR) is 90.9 cm³/mol. The van der Waals surface area contributed by atoms with E-state index < -0.39 is 0 Å². The molecule has 1 saturated carbocycles. The molecule has 1 aliphatic rings. The number of nitrogens with two attached hydrogens (primary N) is 1. The largest absolute Gasteiger partial charge is 0.389 e. The fraction of sp³-hybridized carbons (Fsp3) is 0.400. The molecule has 0 atom stereocenters. The maximum atomic E-state index is 5.96. The summed E-state index contributed by atoms with van der Waals surface area (Å²) in [4.78, 5) is 2.70. The Balaban J connectivity index is 2.03. The van der Waals surface area contributed by atoms with E-state index in [-0.39, 0.29) is 0 Å². The van der Waals surface area contributed by atoms with Gasteiger partial charge in [0.05, 0.1) is 11.3 Å². The average Bonchev–Trinajstić information content (AvgIpc) is 3.16. The molecule has 6 heteroatoms. The van der Waals surface area contributed by atoms with Gasteiger partial charge in [0, 0.05) is 12.6 Å². The average molecular weight is 318 g/mol. The molecule has 3 rings (SSSR count). The van der Waals surface area contributed by atoms with E-state index in [4.69, 9.17) is 18.0 Å². The zero-order chi connectivity index (χ0) is 15.0. The third-order valence-electron chi connectivity index (χ3n) is 3.88. The van der Waals surface area contributed by atoms with Crippen molar-refractivity contribution in [2.75, 3.05) is 4.90 Å². The van der Waals surface area contributed by atoms with Crippen molar-refractivity contribution in [3.05, 3.63) is 39.2 Å². The molecule has 110 valence electrons. The molecule has 0 spiro atoms. The van der Waals surface area contributed by atoms with Crippen molar-refractivity contribution < 1.29 is 0 Å². The summed E-state index contributed by atoms with van der Waals surface area (Å²) in [5, 5.41) is 13.0. The predicted octanol–water partition coefficient (Wildman–Crippen LogP) is 2.96. The second kappa shape index (κ2) is 5.69. The summed E-state index contributed by atoms with van der Waals surface area (Å²) < 4.78 is 0. The number of thiophene rings is 1. The Morgan fingerprint density at radius 2 is 2.19 bits per heavy atom. The Bertz CT molecular complexity index is 663. The van der Waals surface area contributed by atoms with Gasteiger partial charge in [-0.05, 0) is 54.6 Å². The van der Waals surface area contributed by atoms with Crippen molar-refractivity contribution in [3.8, 4) is 0 Å². The van der Waals surface area contributed by atoms with Gasteiger partial charge in [-0.25, -0.2) is 0 Å². The van der Waals surface area contributed by atoms with Gasteiger partial charge in [0.15, 0.2) is 5.82 Å². The summed E-state index contributed by atoms with van der Waals surface area (Å²) in [6.45, 7) is 4.78. The van der Waals surface area contributed by atoms with Gasteiger partial charge in [-0.1, -0.05) is 12.2 Å². The van der Waals surface area contributed by atoms with Crippen LogP contribution in [0.3, 0.4) is 0 Å². The number of nitrogens with zero attached hydrogens (tertiary/aromatic N) is 3. The van der Waals surface area contributed by atoms with E-state index in [1.54, 1.807) is 11.3 Å². The lowest BCUT2D eigenvalue weighted by Gasteiger charge is -2.26. The summed E-state index contributed by atoms with van der Waals surface area (Å²) in [5.41, 5.74) is 10.0. The number of aromatic nitrogens is 2. The van der Waals surface area contributed by atoms with Gasteiger partial charge in [0.25, 0.3) is 0 Å². The summed E-state index contributed by atoms with van der Waals surface area (Å²) in [5.74, 6) is 0.833. The minimum Gasteiger partial charge on any atom is -0.389 e. The zero-order valence-electron chi connectivity index (χ0n) is 12.2. The maximum absolute atomic E-state index is 5.96. The first-order valence-electron chi connectivity index (χ1n) is 6.99. The van der Waals surface area contributed by atoms with Crippen molar-refractivity contribution in [1.29, 1.82) is 0 Å². The molecule has 0 saturated heterocycles. The van der Waals surface area contributed by atoms with Crippen molar-refractivity contribution >= 4 is 34.4 Å². The van der Waals surface area contributed by atoms with Crippen molar-refractivity contribution in [2.24, 2.45) is 5.73 Å². The number of thiocarbonyl (C=S) groups is 1. The lowest BCUT2D eigenvalue weighted by molar-refractivity contribution is 0.758. The highest BCUT2D eigenvalue weighted by Crippen LogP contribution is 2.35. The van der Waals surface area contributed by atoms with Gasteiger partial charge in [0.2, 0.25) is 0 Å². The maximum Gasteiger partial charge on any atom is 0.162 e. The monoisotopic (exact) mass is 318 g/mol. The standard InChI is InChI=1S/C15H18N4S2/c1-9-10(2)17-18-15(13(9)14(16)20)19(12-3-4-12)7-11-5-6-21-8-11/h5-6,8,12H,3-4,7H2,1-2H3,(H2,16,20). The van der Waals surface area contributed by atoms with Crippen LogP contribution < -0.4 is 10.6 Å². The number of rotatable bonds is 5. The smallest absolute Gasteiger partial charge is 0.162 e. The third-order valence-corrected chi connectivity index (χ3v) is 4.81. The minimum atomic E-state index is 0.400. The molecule has 0 unspecified atom stereocenters. The summed E-state index contributed by atoms with van der Waals surface area (Å²) in [6.07, 6.45) is 2.38. The highest BCUT2D eigenvalue weighted by atomic mass is 32.1. The van der Waals surface area contributed by atoms with Gasteiger partial charge in [-0.3, -0.25) is 0 Å². The molecule has 0 bridgehead atoms. The molecule has 2 aromatic rings. The molecule has 0 aliphatic heterocycles. The molecule has 2 heterocycles. The Hall–Kier alpha value is -1.53. The molecule has 1 fully saturated rings. The quantitative estimate of drug-likeness (QED) is 0.859. The second-order valence-corrected chi connectivity index (χ2v) is 6.68. The lowest BCUT2D eigenvalue weighted by Crippen LogP contribution is -2.30. The number of hydrogen-bond acceptors (Lipinski definition) is 5. The third kappa shape index (κ3) is 2.91. The van der Waals surface area contributed by atoms with E-state index in [0.29, 0.717) is 11.0 Å². The minimum absolute atomic E-state index is 0.400. The molecule has 21 heavy (non-hydrogen) atoms. The van der Waals surface area contributed by atoms with Gasteiger partial charge in [0.1, 0.15) is 4.99 Å². The molecule has 4 nitrogen and oxygen atoms in total. The van der Waals surface area contributed by atoms with E-state index in [1.165, 1.54) is 18.4 Å².